The quantitative estimate of drug-likeness (QED) is 0.862. The fraction of sp³-hybridized carbons (Fsp3) is 0.286. The van der Waals surface area contributed by atoms with E-state index in [0.717, 1.165) is 0 Å². The summed E-state index contributed by atoms with van der Waals surface area (Å²) in [7, 11) is 0. The molecule has 0 bridgehead atoms. The summed E-state index contributed by atoms with van der Waals surface area (Å²) in [6, 6.07) is 6.61. The molecular weight excluding hydrogens is 266 g/mol. The summed E-state index contributed by atoms with van der Waals surface area (Å²) < 4.78 is 0. The lowest BCUT2D eigenvalue weighted by Gasteiger charge is -2.24. The standard InChI is InChI=1S/C14H14ClNO3/c15-11-5-7-12(8-6-11)16(9-13(17)18)14(19)10-3-1-2-4-10/h1-2,5-8,10H,3-4,9H2,(H,17,18). The van der Waals surface area contributed by atoms with E-state index in [4.69, 9.17) is 16.7 Å². The maximum absolute atomic E-state index is 12.4. The highest BCUT2D eigenvalue weighted by molar-refractivity contribution is 6.30. The molecule has 0 unspecified atom stereocenters. The molecule has 0 saturated heterocycles. The zero-order valence-electron chi connectivity index (χ0n) is 10.3. The van der Waals surface area contributed by atoms with Gasteiger partial charge in [0.1, 0.15) is 6.54 Å². The van der Waals surface area contributed by atoms with Crippen LogP contribution in [0.5, 0.6) is 0 Å². The van der Waals surface area contributed by atoms with Crippen molar-refractivity contribution in [3.63, 3.8) is 0 Å². The third-order valence-electron chi connectivity index (χ3n) is 3.05. The number of carboxylic acids is 1. The summed E-state index contributed by atoms with van der Waals surface area (Å²) >= 11 is 5.80. The Morgan fingerprint density at radius 2 is 1.79 bits per heavy atom. The van der Waals surface area contributed by atoms with E-state index in [9.17, 15) is 9.59 Å². The number of halogens is 1. The second-order valence-electron chi connectivity index (χ2n) is 4.43. The highest BCUT2D eigenvalue weighted by atomic mass is 35.5. The summed E-state index contributed by atoms with van der Waals surface area (Å²) in [5.74, 6) is -1.35. The van der Waals surface area contributed by atoms with Crippen LogP contribution in [-0.4, -0.2) is 23.5 Å². The van der Waals surface area contributed by atoms with Crippen LogP contribution in [0, 0.1) is 5.92 Å². The van der Waals surface area contributed by atoms with Gasteiger partial charge in [-0.15, -0.1) is 0 Å². The molecule has 0 heterocycles. The van der Waals surface area contributed by atoms with Gasteiger partial charge in [0.2, 0.25) is 5.91 Å². The van der Waals surface area contributed by atoms with Gasteiger partial charge in [-0.25, -0.2) is 0 Å². The normalized spacial score (nSPS) is 14.6. The zero-order valence-corrected chi connectivity index (χ0v) is 11.0. The van der Waals surface area contributed by atoms with Gasteiger partial charge >= 0.3 is 5.97 Å². The Morgan fingerprint density at radius 1 is 1.21 bits per heavy atom. The smallest absolute Gasteiger partial charge is 0.323 e. The molecule has 0 spiro atoms. The summed E-state index contributed by atoms with van der Waals surface area (Å²) in [6.07, 6.45) is 5.23. The Bertz CT molecular complexity index is 502. The van der Waals surface area contributed by atoms with Crippen LogP contribution in [0.4, 0.5) is 5.69 Å². The van der Waals surface area contributed by atoms with Gasteiger partial charge in [-0.2, -0.15) is 0 Å². The Kier molecular flexibility index (Phi) is 4.22. The fourth-order valence-corrected chi connectivity index (χ4v) is 2.22. The Balaban J connectivity index is 2.22. The molecule has 0 atom stereocenters. The van der Waals surface area contributed by atoms with Crippen LogP contribution in [0.25, 0.3) is 0 Å². The Morgan fingerprint density at radius 3 is 2.32 bits per heavy atom. The number of benzene rings is 1. The predicted octanol–water partition coefficient (Wildman–Crippen LogP) is 2.72. The molecule has 100 valence electrons. The molecule has 5 heteroatoms. The van der Waals surface area contributed by atoms with Gasteiger partial charge in [0.05, 0.1) is 0 Å². The summed E-state index contributed by atoms with van der Waals surface area (Å²) in [6.45, 7) is -0.336. The number of rotatable bonds is 4. The summed E-state index contributed by atoms with van der Waals surface area (Å²) in [5, 5.41) is 9.51. The number of carboxylic acid groups (broad SMARTS) is 1. The number of hydrogen-bond donors (Lipinski definition) is 1. The minimum absolute atomic E-state index is 0.157. The third-order valence-corrected chi connectivity index (χ3v) is 3.31. The number of aliphatic carboxylic acids is 1. The molecule has 0 radical (unpaired) electrons. The molecule has 1 amide bonds. The van der Waals surface area contributed by atoms with Crippen LogP contribution in [0.1, 0.15) is 12.8 Å². The van der Waals surface area contributed by atoms with E-state index in [1.54, 1.807) is 24.3 Å². The van der Waals surface area contributed by atoms with Gasteiger partial charge in [0, 0.05) is 16.6 Å². The highest BCUT2D eigenvalue weighted by Gasteiger charge is 2.27. The number of carbonyl (C=O) groups is 2. The molecule has 0 saturated carbocycles. The summed E-state index contributed by atoms with van der Waals surface area (Å²) in [4.78, 5) is 24.6. The molecular formula is C14H14ClNO3. The monoisotopic (exact) mass is 279 g/mol. The lowest BCUT2D eigenvalue weighted by Crippen LogP contribution is -2.39. The van der Waals surface area contributed by atoms with E-state index in [1.165, 1.54) is 4.90 Å². The van der Waals surface area contributed by atoms with Crippen molar-refractivity contribution in [1.82, 2.24) is 0 Å². The molecule has 1 aromatic rings. The largest absolute Gasteiger partial charge is 0.480 e. The van der Waals surface area contributed by atoms with E-state index in [-0.39, 0.29) is 18.4 Å². The average Bonchev–Trinajstić information content (AvgIpc) is 2.90. The van der Waals surface area contributed by atoms with E-state index >= 15 is 0 Å². The number of anilines is 1. The lowest BCUT2D eigenvalue weighted by atomic mass is 10.1. The van der Waals surface area contributed by atoms with Crippen molar-refractivity contribution in [3.8, 4) is 0 Å². The minimum atomic E-state index is -1.03. The van der Waals surface area contributed by atoms with Crippen molar-refractivity contribution in [2.24, 2.45) is 5.92 Å². The molecule has 0 aromatic heterocycles. The Hall–Kier alpha value is -1.81. The van der Waals surface area contributed by atoms with Crippen LogP contribution in [0.3, 0.4) is 0 Å². The molecule has 1 aliphatic carbocycles. The molecule has 0 fully saturated rings. The van der Waals surface area contributed by atoms with Crippen LogP contribution in [0.2, 0.25) is 5.02 Å². The van der Waals surface area contributed by atoms with E-state index < -0.39 is 5.97 Å². The fourth-order valence-electron chi connectivity index (χ4n) is 2.09. The van der Waals surface area contributed by atoms with Gasteiger partial charge in [-0.05, 0) is 37.1 Å². The van der Waals surface area contributed by atoms with Gasteiger partial charge in [-0.3, -0.25) is 9.59 Å². The first-order chi connectivity index (χ1) is 9.08. The number of carbonyl (C=O) groups excluding carboxylic acids is 1. The molecule has 19 heavy (non-hydrogen) atoms. The SMILES string of the molecule is O=C(O)CN(C(=O)C1CC=CC1)c1ccc(Cl)cc1. The summed E-state index contributed by atoms with van der Waals surface area (Å²) in [5.41, 5.74) is 0.559. The molecule has 1 aliphatic rings. The van der Waals surface area contributed by atoms with Gasteiger partial charge < -0.3 is 10.0 Å². The predicted molar refractivity (Wildman–Crippen MR) is 73.3 cm³/mol. The van der Waals surface area contributed by atoms with E-state index in [1.807, 2.05) is 12.2 Å². The minimum Gasteiger partial charge on any atom is -0.480 e. The maximum atomic E-state index is 12.4. The highest BCUT2D eigenvalue weighted by Crippen LogP contribution is 2.25. The van der Waals surface area contributed by atoms with Crippen molar-refractivity contribution < 1.29 is 14.7 Å². The van der Waals surface area contributed by atoms with Gasteiger partial charge in [-0.1, -0.05) is 23.8 Å². The molecule has 4 nitrogen and oxygen atoms in total. The molecule has 0 aliphatic heterocycles. The number of hydrogen-bond acceptors (Lipinski definition) is 2. The van der Waals surface area contributed by atoms with E-state index in [0.29, 0.717) is 23.6 Å². The number of allylic oxidation sites excluding steroid dienone is 2. The van der Waals surface area contributed by atoms with E-state index in [2.05, 4.69) is 0 Å². The number of amides is 1. The molecule has 2 rings (SSSR count). The lowest BCUT2D eigenvalue weighted by molar-refractivity contribution is -0.137. The van der Waals surface area contributed by atoms with Crippen LogP contribution >= 0.6 is 11.6 Å². The van der Waals surface area contributed by atoms with Gasteiger partial charge in [0.25, 0.3) is 0 Å². The first-order valence-electron chi connectivity index (χ1n) is 6.01. The Labute approximate surface area is 116 Å². The maximum Gasteiger partial charge on any atom is 0.323 e. The van der Waals surface area contributed by atoms with Crippen molar-refractivity contribution >= 4 is 29.2 Å². The molecule has 1 aromatic carbocycles. The first-order valence-corrected chi connectivity index (χ1v) is 6.39. The average molecular weight is 280 g/mol. The third kappa shape index (κ3) is 3.35. The second kappa shape index (κ2) is 5.89. The van der Waals surface area contributed by atoms with Crippen molar-refractivity contribution in [1.29, 1.82) is 0 Å². The first kappa shape index (κ1) is 13.6. The van der Waals surface area contributed by atoms with Crippen LogP contribution in [-0.2, 0) is 9.59 Å². The molecule has 1 N–H and O–H groups in total. The zero-order chi connectivity index (χ0) is 13.8. The van der Waals surface area contributed by atoms with Crippen molar-refractivity contribution in [2.75, 3.05) is 11.4 Å². The van der Waals surface area contributed by atoms with Crippen molar-refractivity contribution in [3.05, 3.63) is 41.4 Å². The topological polar surface area (TPSA) is 57.6 Å². The second-order valence-corrected chi connectivity index (χ2v) is 4.87. The number of nitrogens with zero attached hydrogens (tertiary/aromatic N) is 1. The van der Waals surface area contributed by atoms with Crippen LogP contribution in [0.15, 0.2) is 36.4 Å². The van der Waals surface area contributed by atoms with Crippen molar-refractivity contribution in [2.45, 2.75) is 12.8 Å². The van der Waals surface area contributed by atoms with Crippen LogP contribution < -0.4 is 4.90 Å². The van der Waals surface area contributed by atoms with Gasteiger partial charge in [0.15, 0.2) is 0 Å².